The molecule has 0 spiro atoms. The minimum absolute atomic E-state index is 0.00321. The molecule has 0 saturated heterocycles. The zero-order valence-electron chi connectivity index (χ0n) is 16.9. The van der Waals surface area contributed by atoms with Crippen LogP contribution in [0.2, 0.25) is 0 Å². The molecule has 28 heavy (non-hydrogen) atoms. The maximum Gasteiger partial charge on any atom is 0.336 e. The van der Waals surface area contributed by atoms with E-state index in [4.69, 9.17) is 4.74 Å². The SMILES string of the molecule is CC1=C(C(=O)OC2CCCCC2)C(c2cccs2)C2C(=O)CC(C)(C)C=C2N1. The molecule has 1 aromatic rings. The van der Waals surface area contributed by atoms with Crippen LogP contribution in [0.15, 0.2) is 40.6 Å². The summed E-state index contributed by atoms with van der Waals surface area (Å²) in [6, 6.07) is 4.02. The number of esters is 1. The highest BCUT2D eigenvalue weighted by atomic mass is 32.1. The Bertz CT molecular complexity index is 828. The number of allylic oxidation sites excluding steroid dienone is 3. The fraction of sp³-hybridized carbons (Fsp3) is 0.565. The van der Waals surface area contributed by atoms with Gasteiger partial charge in [0.05, 0.1) is 11.5 Å². The van der Waals surface area contributed by atoms with E-state index in [1.165, 1.54) is 6.42 Å². The van der Waals surface area contributed by atoms with Crippen molar-refractivity contribution in [2.24, 2.45) is 11.3 Å². The number of nitrogens with one attached hydrogen (secondary N) is 1. The second-order valence-electron chi connectivity index (χ2n) is 9.03. The van der Waals surface area contributed by atoms with Gasteiger partial charge in [0, 0.05) is 28.6 Å². The van der Waals surface area contributed by atoms with Gasteiger partial charge in [0.1, 0.15) is 11.9 Å². The molecule has 1 N–H and O–H groups in total. The molecule has 4 rings (SSSR count). The maximum absolute atomic E-state index is 13.2. The minimum atomic E-state index is -0.329. The van der Waals surface area contributed by atoms with Crippen molar-refractivity contribution >= 4 is 23.1 Å². The van der Waals surface area contributed by atoms with E-state index in [9.17, 15) is 9.59 Å². The number of ketones is 1. The Morgan fingerprint density at radius 2 is 1.96 bits per heavy atom. The normalized spacial score (nSPS) is 27.7. The summed E-state index contributed by atoms with van der Waals surface area (Å²) in [6.45, 7) is 6.10. The molecule has 0 radical (unpaired) electrons. The third kappa shape index (κ3) is 3.69. The van der Waals surface area contributed by atoms with Crippen LogP contribution >= 0.6 is 11.3 Å². The van der Waals surface area contributed by atoms with E-state index >= 15 is 0 Å². The Morgan fingerprint density at radius 3 is 2.64 bits per heavy atom. The molecular formula is C23H29NO3S. The highest BCUT2D eigenvalue weighted by molar-refractivity contribution is 7.10. The highest BCUT2D eigenvalue weighted by Crippen LogP contribution is 2.48. The summed E-state index contributed by atoms with van der Waals surface area (Å²) in [5, 5.41) is 5.40. The zero-order valence-corrected chi connectivity index (χ0v) is 17.7. The second kappa shape index (κ2) is 7.51. The van der Waals surface area contributed by atoms with Crippen molar-refractivity contribution in [3.63, 3.8) is 0 Å². The summed E-state index contributed by atoms with van der Waals surface area (Å²) >= 11 is 1.61. The molecule has 150 valence electrons. The molecule has 2 heterocycles. The Balaban J connectivity index is 1.73. The van der Waals surface area contributed by atoms with Crippen LogP contribution in [0.5, 0.6) is 0 Å². The first kappa shape index (κ1) is 19.4. The molecular weight excluding hydrogens is 370 g/mol. The number of fused-ring (bicyclic) bond motifs is 1. The summed E-state index contributed by atoms with van der Waals surface area (Å²) in [7, 11) is 0. The molecule has 0 aromatic carbocycles. The van der Waals surface area contributed by atoms with Crippen molar-refractivity contribution in [2.45, 2.75) is 71.3 Å². The number of carbonyl (C=O) groups is 2. The molecule has 1 saturated carbocycles. The Morgan fingerprint density at radius 1 is 1.21 bits per heavy atom. The average Bonchev–Trinajstić information content (AvgIpc) is 3.14. The topological polar surface area (TPSA) is 55.4 Å². The first-order valence-corrected chi connectivity index (χ1v) is 11.2. The van der Waals surface area contributed by atoms with E-state index in [2.05, 4.69) is 25.2 Å². The van der Waals surface area contributed by atoms with Gasteiger partial charge in [0.25, 0.3) is 0 Å². The lowest BCUT2D eigenvalue weighted by atomic mass is 9.68. The van der Waals surface area contributed by atoms with Crippen LogP contribution in [-0.2, 0) is 14.3 Å². The lowest BCUT2D eigenvalue weighted by Crippen LogP contribution is -2.43. The van der Waals surface area contributed by atoms with Gasteiger partial charge in [-0.1, -0.05) is 32.4 Å². The summed E-state index contributed by atoms with van der Waals surface area (Å²) in [6.07, 6.45) is 8.01. The van der Waals surface area contributed by atoms with Crippen LogP contribution in [0.3, 0.4) is 0 Å². The largest absolute Gasteiger partial charge is 0.459 e. The van der Waals surface area contributed by atoms with Gasteiger partial charge in [0.15, 0.2) is 0 Å². The summed E-state index contributed by atoms with van der Waals surface area (Å²) < 4.78 is 5.92. The highest BCUT2D eigenvalue weighted by Gasteiger charge is 2.46. The fourth-order valence-corrected chi connectivity index (χ4v) is 5.78. The van der Waals surface area contributed by atoms with Crippen LogP contribution < -0.4 is 5.32 Å². The molecule has 1 aliphatic heterocycles. The number of hydrogen-bond donors (Lipinski definition) is 1. The maximum atomic E-state index is 13.2. The van der Waals surface area contributed by atoms with Gasteiger partial charge in [-0.3, -0.25) is 4.79 Å². The molecule has 0 bridgehead atoms. The number of rotatable bonds is 3. The standard InChI is InChI=1S/C23H29NO3S/c1-14-19(22(26)27-15-8-5-4-6-9-15)21(18-10-7-11-28-18)20-16(24-14)12-23(2,3)13-17(20)25/h7,10-12,15,20-21,24H,4-6,8-9,13H2,1-3H3. The second-order valence-corrected chi connectivity index (χ2v) is 10.0. The Labute approximate surface area is 171 Å². The van der Waals surface area contributed by atoms with Gasteiger partial charge in [-0.25, -0.2) is 4.79 Å². The molecule has 5 heteroatoms. The van der Waals surface area contributed by atoms with Crippen molar-refractivity contribution in [2.75, 3.05) is 0 Å². The quantitative estimate of drug-likeness (QED) is 0.720. The lowest BCUT2D eigenvalue weighted by molar-refractivity contribution is -0.146. The van der Waals surface area contributed by atoms with Gasteiger partial charge >= 0.3 is 5.97 Å². The van der Waals surface area contributed by atoms with E-state index in [0.717, 1.165) is 42.0 Å². The fourth-order valence-electron chi connectivity index (χ4n) is 4.91. The molecule has 4 nitrogen and oxygen atoms in total. The summed E-state index contributed by atoms with van der Waals surface area (Å²) in [5.41, 5.74) is 2.21. The predicted octanol–water partition coefficient (Wildman–Crippen LogP) is 5.08. The van der Waals surface area contributed by atoms with Gasteiger partial charge in [-0.05, 0) is 49.5 Å². The van der Waals surface area contributed by atoms with Crippen LogP contribution in [0.4, 0.5) is 0 Å². The Hall–Kier alpha value is -1.88. The van der Waals surface area contributed by atoms with Gasteiger partial charge < -0.3 is 10.1 Å². The number of carbonyl (C=O) groups excluding carboxylic acids is 2. The molecule has 2 unspecified atom stereocenters. The van der Waals surface area contributed by atoms with Crippen molar-refractivity contribution in [1.82, 2.24) is 5.32 Å². The minimum Gasteiger partial charge on any atom is -0.459 e. The summed E-state index contributed by atoms with van der Waals surface area (Å²) in [5.74, 6) is -0.646. The van der Waals surface area contributed by atoms with Gasteiger partial charge in [-0.2, -0.15) is 0 Å². The van der Waals surface area contributed by atoms with E-state index in [1.807, 2.05) is 24.4 Å². The third-order valence-corrected chi connectivity index (χ3v) is 7.09. The van der Waals surface area contributed by atoms with Crippen LogP contribution in [0.25, 0.3) is 0 Å². The number of hydrogen-bond acceptors (Lipinski definition) is 5. The molecule has 2 atom stereocenters. The first-order valence-electron chi connectivity index (χ1n) is 10.3. The Kier molecular flexibility index (Phi) is 5.21. The van der Waals surface area contributed by atoms with Crippen molar-refractivity contribution in [3.8, 4) is 0 Å². The monoisotopic (exact) mass is 399 g/mol. The number of thiophene rings is 1. The molecule has 3 aliphatic rings. The van der Waals surface area contributed by atoms with Crippen molar-refractivity contribution in [3.05, 3.63) is 45.4 Å². The average molecular weight is 400 g/mol. The number of Topliss-reactive ketones (excluding diaryl/α,β-unsaturated/α-hetero) is 1. The van der Waals surface area contributed by atoms with Crippen LogP contribution in [-0.4, -0.2) is 17.9 Å². The van der Waals surface area contributed by atoms with Crippen molar-refractivity contribution in [1.29, 1.82) is 0 Å². The van der Waals surface area contributed by atoms with Gasteiger partial charge in [-0.15, -0.1) is 11.3 Å². The van der Waals surface area contributed by atoms with E-state index in [-0.39, 0.29) is 35.1 Å². The summed E-state index contributed by atoms with van der Waals surface area (Å²) in [4.78, 5) is 27.5. The van der Waals surface area contributed by atoms with Crippen molar-refractivity contribution < 1.29 is 14.3 Å². The van der Waals surface area contributed by atoms with Crippen LogP contribution in [0, 0.1) is 11.3 Å². The van der Waals surface area contributed by atoms with E-state index in [0.29, 0.717) is 12.0 Å². The van der Waals surface area contributed by atoms with E-state index < -0.39 is 0 Å². The lowest BCUT2D eigenvalue weighted by Gasteiger charge is -2.41. The number of ether oxygens (including phenoxy) is 1. The zero-order chi connectivity index (χ0) is 19.9. The molecule has 1 aromatic heterocycles. The van der Waals surface area contributed by atoms with Crippen LogP contribution in [0.1, 0.15) is 70.1 Å². The molecule has 1 fully saturated rings. The first-order chi connectivity index (χ1) is 13.4. The molecule has 2 aliphatic carbocycles. The smallest absolute Gasteiger partial charge is 0.336 e. The predicted molar refractivity (Wildman–Crippen MR) is 111 cm³/mol. The molecule has 0 amide bonds. The third-order valence-electron chi connectivity index (χ3n) is 6.13. The van der Waals surface area contributed by atoms with E-state index in [1.54, 1.807) is 11.3 Å². The van der Waals surface area contributed by atoms with Gasteiger partial charge in [0.2, 0.25) is 0 Å².